The normalized spacial score (nSPS) is 15.7. The maximum Gasteiger partial charge on any atom is 0.326 e. The fraction of sp³-hybridized carbons (Fsp3) is 0.250. The second kappa shape index (κ2) is 9.14. The van der Waals surface area contributed by atoms with Crippen molar-refractivity contribution >= 4 is 46.2 Å². The summed E-state index contributed by atoms with van der Waals surface area (Å²) >= 11 is 3.17. The van der Waals surface area contributed by atoms with Gasteiger partial charge in [-0.25, -0.2) is 15.0 Å². The molecule has 3 aromatic heterocycles. The van der Waals surface area contributed by atoms with Crippen molar-refractivity contribution in [2.75, 3.05) is 25.1 Å². The number of thiophene rings is 2. The first kappa shape index (κ1) is 20.2. The Morgan fingerprint density at radius 2 is 1.93 bits per heavy atom. The molecule has 0 radical (unpaired) electrons. The van der Waals surface area contributed by atoms with E-state index in [0.717, 1.165) is 15.5 Å². The third-order valence-electron chi connectivity index (χ3n) is 4.46. The Kier molecular flexibility index (Phi) is 6.15. The second-order valence-corrected chi connectivity index (χ2v) is 8.49. The predicted molar refractivity (Wildman–Crippen MR) is 116 cm³/mol. The van der Waals surface area contributed by atoms with Crippen molar-refractivity contribution < 1.29 is 14.3 Å². The molecular weight excluding hydrogens is 422 g/mol. The van der Waals surface area contributed by atoms with E-state index in [2.05, 4.69) is 15.1 Å². The number of ether oxygens (including phenoxy) is 1. The summed E-state index contributed by atoms with van der Waals surface area (Å²) in [7, 11) is 1.68. The Morgan fingerprint density at radius 1 is 1.17 bits per heavy atom. The molecule has 0 bridgehead atoms. The van der Waals surface area contributed by atoms with E-state index in [0.29, 0.717) is 12.4 Å². The van der Waals surface area contributed by atoms with Gasteiger partial charge in [-0.3, -0.25) is 9.59 Å². The Morgan fingerprint density at radius 3 is 2.63 bits per heavy atom. The molecular formula is C20H19N5O3S2. The van der Waals surface area contributed by atoms with Crippen LogP contribution >= 0.6 is 22.7 Å². The maximum absolute atomic E-state index is 12.8. The highest BCUT2D eigenvalue weighted by atomic mass is 32.1. The summed E-state index contributed by atoms with van der Waals surface area (Å²) in [5.41, 5.74) is 0.865. The Bertz CT molecular complexity index is 1020. The molecule has 8 nitrogen and oxygen atoms in total. The molecule has 10 heteroatoms. The quantitative estimate of drug-likeness (QED) is 0.524. The highest BCUT2D eigenvalue weighted by Gasteiger charge is 2.34. The predicted octanol–water partition coefficient (Wildman–Crippen LogP) is 2.96. The van der Waals surface area contributed by atoms with Crippen molar-refractivity contribution in [2.24, 2.45) is 5.10 Å². The van der Waals surface area contributed by atoms with Crippen LogP contribution in [0.4, 0.5) is 5.95 Å². The summed E-state index contributed by atoms with van der Waals surface area (Å²) in [6.07, 6.45) is 3.82. The first-order valence-corrected chi connectivity index (χ1v) is 11.0. The zero-order valence-corrected chi connectivity index (χ0v) is 17.8. The van der Waals surface area contributed by atoms with Crippen molar-refractivity contribution in [3.63, 3.8) is 0 Å². The van der Waals surface area contributed by atoms with Crippen molar-refractivity contribution in [2.45, 2.75) is 12.5 Å². The molecule has 0 fully saturated rings. The number of hydrazone groups is 1. The molecule has 3 aromatic rings. The maximum atomic E-state index is 12.8. The number of carbonyl (C=O) groups excluding carboxylic acids is 2. The molecule has 0 aliphatic carbocycles. The summed E-state index contributed by atoms with van der Waals surface area (Å²) in [5, 5.41) is 9.95. The van der Waals surface area contributed by atoms with E-state index in [1.54, 1.807) is 53.1 Å². The van der Waals surface area contributed by atoms with E-state index in [1.165, 1.54) is 5.01 Å². The van der Waals surface area contributed by atoms with Crippen LogP contribution in [-0.2, 0) is 14.3 Å². The molecule has 4 rings (SSSR count). The number of amides is 1. The summed E-state index contributed by atoms with van der Waals surface area (Å²) in [5.74, 6) is -0.483. The minimum absolute atomic E-state index is 0.0602. The summed E-state index contributed by atoms with van der Waals surface area (Å²) < 4.78 is 5.21. The van der Waals surface area contributed by atoms with E-state index in [1.807, 2.05) is 35.0 Å². The van der Waals surface area contributed by atoms with Gasteiger partial charge in [0.05, 0.1) is 16.6 Å². The van der Waals surface area contributed by atoms with Gasteiger partial charge in [0.15, 0.2) is 6.61 Å². The minimum atomic E-state index is -0.535. The fourth-order valence-electron chi connectivity index (χ4n) is 3.04. The Balaban J connectivity index is 1.39. The molecule has 0 saturated heterocycles. The number of carbonyl (C=O) groups is 2. The van der Waals surface area contributed by atoms with Crippen LogP contribution in [0.1, 0.15) is 22.2 Å². The molecule has 1 aliphatic heterocycles. The van der Waals surface area contributed by atoms with Gasteiger partial charge in [-0.1, -0.05) is 12.1 Å². The molecule has 4 heterocycles. The van der Waals surface area contributed by atoms with E-state index < -0.39 is 5.97 Å². The number of hydrogen-bond acceptors (Lipinski definition) is 9. The zero-order valence-electron chi connectivity index (χ0n) is 16.2. The van der Waals surface area contributed by atoms with Gasteiger partial charge in [0.25, 0.3) is 5.91 Å². The number of likely N-dealkylation sites (N-methyl/N-ethyl adjacent to an activating group) is 1. The van der Waals surface area contributed by atoms with Gasteiger partial charge < -0.3 is 9.64 Å². The highest BCUT2D eigenvalue weighted by Crippen LogP contribution is 2.35. The standard InChI is InChI=1S/C20H19N5O3S2/c1-24(20-21-7-4-8-22-20)12-19(27)28-13-18(26)25-15(17-6-3-10-30-17)11-14(23-25)16-5-2-9-29-16/h2-10,15H,11-13H2,1H3/t15-/m0/s1. The topological polar surface area (TPSA) is 88.0 Å². The average molecular weight is 442 g/mol. The van der Waals surface area contributed by atoms with Gasteiger partial charge >= 0.3 is 5.97 Å². The van der Waals surface area contributed by atoms with Crippen molar-refractivity contribution in [1.29, 1.82) is 0 Å². The molecule has 0 N–H and O–H groups in total. The molecule has 0 saturated carbocycles. The SMILES string of the molecule is CN(CC(=O)OCC(=O)N1N=C(c2cccs2)C[C@H]1c1cccs1)c1ncccn1. The van der Waals surface area contributed by atoms with Crippen LogP contribution in [0.3, 0.4) is 0 Å². The van der Waals surface area contributed by atoms with Crippen LogP contribution < -0.4 is 4.90 Å². The monoisotopic (exact) mass is 441 g/mol. The number of rotatable bonds is 7. The number of hydrogen-bond donors (Lipinski definition) is 0. The van der Waals surface area contributed by atoms with E-state index >= 15 is 0 Å². The fourth-order valence-corrected chi connectivity index (χ4v) is 4.57. The zero-order chi connectivity index (χ0) is 20.9. The van der Waals surface area contributed by atoms with E-state index in [-0.39, 0.29) is 25.1 Å². The van der Waals surface area contributed by atoms with Gasteiger partial charge in [0.2, 0.25) is 5.95 Å². The Hall–Kier alpha value is -3.11. The molecule has 0 spiro atoms. The van der Waals surface area contributed by atoms with Gasteiger partial charge in [-0.05, 0) is 29.0 Å². The van der Waals surface area contributed by atoms with E-state index in [9.17, 15) is 9.59 Å². The number of aromatic nitrogens is 2. The largest absolute Gasteiger partial charge is 0.454 e. The van der Waals surface area contributed by atoms with Gasteiger partial charge in [0, 0.05) is 30.7 Å². The molecule has 1 atom stereocenters. The molecule has 1 aliphatic rings. The second-order valence-electron chi connectivity index (χ2n) is 6.56. The minimum Gasteiger partial charge on any atom is -0.454 e. The lowest BCUT2D eigenvalue weighted by Gasteiger charge is -2.21. The first-order valence-electron chi connectivity index (χ1n) is 9.22. The molecule has 0 aromatic carbocycles. The highest BCUT2D eigenvalue weighted by molar-refractivity contribution is 7.12. The third-order valence-corrected chi connectivity index (χ3v) is 6.35. The van der Waals surface area contributed by atoms with E-state index in [4.69, 9.17) is 4.74 Å². The van der Waals surface area contributed by atoms with Crippen molar-refractivity contribution in [3.8, 4) is 0 Å². The van der Waals surface area contributed by atoms with Gasteiger partial charge in [-0.15, -0.1) is 22.7 Å². The summed E-state index contributed by atoms with van der Waals surface area (Å²) in [4.78, 5) is 36.8. The summed E-state index contributed by atoms with van der Waals surface area (Å²) in [6.45, 7) is -0.430. The van der Waals surface area contributed by atoms with Crippen LogP contribution in [0, 0.1) is 0 Å². The van der Waals surface area contributed by atoms with Gasteiger partial charge in [-0.2, -0.15) is 5.10 Å². The lowest BCUT2D eigenvalue weighted by atomic mass is 10.1. The molecule has 1 amide bonds. The number of esters is 1. The lowest BCUT2D eigenvalue weighted by molar-refractivity contribution is -0.151. The average Bonchev–Trinajstić information content (AvgIpc) is 3.53. The first-order chi connectivity index (χ1) is 14.6. The molecule has 0 unspecified atom stereocenters. The third kappa shape index (κ3) is 4.55. The molecule has 30 heavy (non-hydrogen) atoms. The number of nitrogens with zero attached hydrogens (tertiary/aromatic N) is 5. The van der Waals surface area contributed by atoms with Crippen LogP contribution in [0.15, 0.2) is 58.6 Å². The smallest absolute Gasteiger partial charge is 0.326 e. The van der Waals surface area contributed by atoms with Gasteiger partial charge in [0.1, 0.15) is 6.54 Å². The van der Waals surface area contributed by atoms with Crippen LogP contribution in [-0.4, -0.2) is 52.8 Å². The summed E-state index contributed by atoms with van der Waals surface area (Å²) in [6, 6.07) is 9.40. The lowest BCUT2D eigenvalue weighted by Crippen LogP contribution is -2.34. The number of anilines is 1. The van der Waals surface area contributed by atoms with Crippen LogP contribution in [0.2, 0.25) is 0 Å². The van der Waals surface area contributed by atoms with Crippen molar-refractivity contribution in [1.82, 2.24) is 15.0 Å². The van der Waals surface area contributed by atoms with Crippen LogP contribution in [0.5, 0.6) is 0 Å². The van der Waals surface area contributed by atoms with Crippen LogP contribution in [0.25, 0.3) is 0 Å². The molecule has 154 valence electrons. The Labute approximate surface area is 181 Å². The van der Waals surface area contributed by atoms with Crippen molar-refractivity contribution in [3.05, 3.63) is 63.2 Å².